The van der Waals surface area contributed by atoms with Gasteiger partial charge in [-0.05, 0) is 23.3 Å². The second kappa shape index (κ2) is 7.68. The number of aliphatic carboxylic acids is 1. The molecule has 2 aliphatic heterocycles. The van der Waals surface area contributed by atoms with Crippen LogP contribution in [-0.4, -0.2) is 61.4 Å². The van der Waals surface area contributed by atoms with E-state index < -0.39 is 40.4 Å². The summed E-state index contributed by atoms with van der Waals surface area (Å²) in [5, 5.41) is 11.2. The highest BCUT2D eigenvalue weighted by Crippen LogP contribution is 2.37. The number of nitrogens with zero attached hydrogens (tertiary/aromatic N) is 1. The monoisotopic (exact) mass is 442 g/mol. The quantitative estimate of drug-likeness (QED) is 0.369. The fraction of sp³-hybridized carbons (Fsp3) is 0.312. The Morgan fingerprint density at radius 2 is 2.08 bits per heavy atom. The fourth-order valence-corrected chi connectivity index (χ4v) is 5.25. The second-order valence-corrected chi connectivity index (χ2v) is 7.76. The van der Waals surface area contributed by atoms with Crippen LogP contribution in [0.2, 0.25) is 0 Å². The summed E-state index contributed by atoms with van der Waals surface area (Å²) in [5.41, 5.74) is 0.222. The van der Waals surface area contributed by atoms with Crippen LogP contribution in [0.15, 0.2) is 41.6 Å². The number of rotatable bonds is 6. The number of carboxylic acids is 1. The zero-order chi connectivity index (χ0) is 18.8. The first-order chi connectivity index (χ1) is 12.4. The third-order valence-electron chi connectivity index (χ3n) is 4.00. The van der Waals surface area contributed by atoms with Crippen molar-refractivity contribution < 1.29 is 28.8 Å². The van der Waals surface area contributed by atoms with E-state index in [1.165, 1.54) is 0 Å². The Morgan fingerprint density at radius 1 is 1.38 bits per heavy atom. The highest BCUT2D eigenvalue weighted by Gasteiger charge is 2.60. The van der Waals surface area contributed by atoms with Gasteiger partial charge in [0.05, 0.1) is 0 Å². The first-order valence-electron chi connectivity index (χ1n) is 7.62. The molecule has 3 atom stereocenters. The molecule has 0 aromatic heterocycles. The number of ether oxygens (including phenoxy) is 1. The van der Waals surface area contributed by atoms with Crippen LogP contribution < -0.4 is 10.1 Å². The first-order valence-corrected chi connectivity index (χ1v) is 10.1. The summed E-state index contributed by atoms with van der Waals surface area (Å²) in [7, 11) is 0. The Kier molecular flexibility index (Phi) is 5.54. The van der Waals surface area contributed by atoms with Crippen LogP contribution in [0.1, 0.15) is 0 Å². The third-order valence-corrected chi connectivity index (χ3v) is 6.33. The zero-order valence-electron chi connectivity index (χ0n) is 13.4. The first kappa shape index (κ1) is 18.7. The molecule has 1 aromatic carbocycles. The van der Waals surface area contributed by atoms with Gasteiger partial charge in [0.25, 0.3) is 11.8 Å². The summed E-state index contributed by atoms with van der Waals surface area (Å²) in [5.74, 6) is -1.85. The molecule has 1 aromatic rings. The molecular formula is C16H15BrN2O6S. The Hall–Kier alpha value is -2.04. The maximum absolute atomic E-state index is 12.4. The Balaban J connectivity index is 1.66. The standard InChI is InChI=1S/C16H15BrN2O6S/c17-6-9-8-26(24)15-12(14(21)19(15)13(9)16(22)23)18-11(20)7-25-10-4-2-1-3-5-10/h1-5,12,15H,6-8H2,(H,18,20)(H,22,23)/t12-,15-,26?/m1/s1. The molecule has 2 aliphatic rings. The van der Waals surface area contributed by atoms with Gasteiger partial charge in [-0.2, -0.15) is 0 Å². The van der Waals surface area contributed by atoms with Crippen molar-refractivity contribution in [3.05, 3.63) is 41.6 Å². The molecule has 0 spiro atoms. The molecule has 138 valence electrons. The van der Waals surface area contributed by atoms with Crippen molar-refractivity contribution in [2.24, 2.45) is 0 Å². The number of hydrogen-bond donors (Lipinski definition) is 2. The largest absolute Gasteiger partial charge is 0.614 e. The van der Waals surface area contributed by atoms with E-state index in [1.54, 1.807) is 24.3 Å². The molecule has 10 heteroatoms. The van der Waals surface area contributed by atoms with Crippen molar-refractivity contribution in [3.63, 3.8) is 0 Å². The van der Waals surface area contributed by atoms with Gasteiger partial charge in [-0.25, -0.2) is 4.79 Å². The Labute approximate surface area is 160 Å². The van der Waals surface area contributed by atoms with Gasteiger partial charge in [-0.1, -0.05) is 34.1 Å². The normalized spacial score (nSPS) is 24.6. The number of hydrogen-bond acceptors (Lipinski definition) is 5. The number of amides is 2. The highest BCUT2D eigenvalue weighted by atomic mass is 79.9. The summed E-state index contributed by atoms with van der Waals surface area (Å²) >= 11 is 1.65. The Morgan fingerprint density at radius 3 is 2.69 bits per heavy atom. The average Bonchev–Trinajstić information content (AvgIpc) is 2.64. The maximum Gasteiger partial charge on any atom is 0.352 e. The number of fused-ring (bicyclic) bond motifs is 1. The smallest absolute Gasteiger partial charge is 0.352 e. The van der Waals surface area contributed by atoms with Crippen LogP contribution in [0.4, 0.5) is 0 Å². The van der Waals surface area contributed by atoms with E-state index in [4.69, 9.17) is 4.74 Å². The van der Waals surface area contributed by atoms with Gasteiger partial charge in [-0.15, -0.1) is 0 Å². The van der Waals surface area contributed by atoms with Crippen molar-refractivity contribution in [2.45, 2.75) is 11.4 Å². The second-order valence-electron chi connectivity index (χ2n) is 5.66. The van der Waals surface area contributed by atoms with Crippen LogP contribution in [0.3, 0.4) is 0 Å². The Bertz CT molecular complexity index is 771. The van der Waals surface area contributed by atoms with Gasteiger partial charge in [0.2, 0.25) is 5.37 Å². The van der Waals surface area contributed by atoms with Crippen molar-refractivity contribution in [1.82, 2.24) is 10.2 Å². The van der Waals surface area contributed by atoms with Crippen LogP contribution in [0.25, 0.3) is 0 Å². The molecule has 8 nitrogen and oxygen atoms in total. The maximum atomic E-state index is 12.4. The molecule has 26 heavy (non-hydrogen) atoms. The number of nitrogens with one attached hydrogen (secondary N) is 1. The number of alkyl halides is 1. The minimum atomic E-state index is -1.50. The molecule has 1 unspecified atom stereocenters. The third kappa shape index (κ3) is 3.44. The van der Waals surface area contributed by atoms with E-state index in [0.717, 1.165) is 4.90 Å². The summed E-state index contributed by atoms with van der Waals surface area (Å²) in [6.07, 6.45) is 0. The lowest BCUT2D eigenvalue weighted by Crippen LogP contribution is -2.75. The van der Waals surface area contributed by atoms with E-state index in [9.17, 15) is 24.0 Å². The number of benzene rings is 1. The van der Waals surface area contributed by atoms with Gasteiger partial charge in [0, 0.05) is 10.9 Å². The molecule has 0 aliphatic carbocycles. The summed E-state index contributed by atoms with van der Waals surface area (Å²) in [6.45, 7) is -0.304. The average molecular weight is 443 g/mol. The molecule has 2 amide bonds. The van der Waals surface area contributed by atoms with E-state index in [1.807, 2.05) is 6.07 Å². The van der Waals surface area contributed by atoms with Crippen molar-refractivity contribution in [1.29, 1.82) is 0 Å². The molecule has 2 heterocycles. The number of carbonyl (C=O) groups is 3. The van der Waals surface area contributed by atoms with Crippen LogP contribution in [-0.2, 0) is 25.6 Å². The van der Waals surface area contributed by atoms with Gasteiger partial charge >= 0.3 is 5.97 Å². The van der Waals surface area contributed by atoms with Gasteiger partial charge < -0.3 is 19.7 Å². The van der Waals surface area contributed by atoms with Crippen LogP contribution in [0.5, 0.6) is 5.75 Å². The van der Waals surface area contributed by atoms with Gasteiger partial charge in [0.1, 0.15) is 17.2 Å². The minimum absolute atomic E-state index is 0.0359. The van der Waals surface area contributed by atoms with Gasteiger partial charge in [0.15, 0.2) is 12.6 Å². The van der Waals surface area contributed by atoms with E-state index in [-0.39, 0.29) is 23.4 Å². The number of β-lactam (4-membered cyclic amide) rings is 1. The summed E-state index contributed by atoms with van der Waals surface area (Å²) < 4.78 is 17.7. The topological polar surface area (TPSA) is 119 Å². The molecule has 1 fully saturated rings. The number of carboxylic acid groups (broad SMARTS) is 1. The van der Waals surface area contributed by atoms with Crippen molar-refractivity contribution >= 4 is 44.9 Å². The predicted octanol–water partition coefficient (Wildman–Crippen LogP) is 0.214. The van der Waals surface area contributed by atoms with Crippen molar-refractivity contribution in [3.8, 4) is 5.75 Å². The molecule has 3 rings (SSSR count). The van der Waals surface area contributed by atoms with E-state index in [0.29, 0.717) is 11.3 Å². The van der Waals surface area contributed by atoms with Crippen LogP contribution >= 0.6 is 15.9 Å². The van der Waals surface area contributed by atoms with Gasteiger partial charge in [-0.3, -0.25) is 14.5 Å². The molecule has 0 bridgehead atoms. The van der Waals surface area contributed by atoms with E-state index >= 15 is 0 Å². The SMILES string of the molecule is O=C(COc1ccccc1)N[C@@H]1C(=O)N2C(C(=O)O)=C(CBr)C[S+]([O-])[C@H]12. The molecule has 1 saturated heterocycles. The summed E-state index contributed by atoms with van der Waals surface area (Å²) in [6, 6.07) is 7.67. The lowest BCUT2D eigenvalue weighted by molar-refractivity contribution is -0.151. The lowest BCUT2D eigenvalue weighted by Gasteiger charge is -2.48. The molecule has 0 saturated carbocycles. The predicted molar refractivity (Wildman–Crippen MR) is 96.0 cm³/mol. The molecule has 2 N–H and O–H groups in total. The number of para-hydroxylation sites is 1. The molecular weight excluding hydrogens is 428 g/mol. The lowest BCUT2D eigenvalue weighted by atomic mass is 10.0. The minimum Gasteiger partial charge on any atom is -0.614 e. The number of carbonyl (C=O) groups excluding carboxylic acids is 2. The van der Waals surface area contributed by atoms with E-state index in [2.05, 4.69) is 21.2 Å². The number of halogens is 1. The highest BCUT2D eigenvalue weighted by molar-refractivity contribution is 9.09. The van der Waals surface area contributed by atoms with Crippen molar-refractivity contribution in [2.75, 3.05) is 17.7 Å². The summed E-state index contributed by atoms with van der Waals surface area (Å²) in [4.78, 5) is 36.9. The van der Waals surface area contributed by atoms with Crippen LogP contribution in [0, 0.1) is 0 Å². The molecule has 0 radical (unpaired) electrons. The zero-order valence-corrected chi connectivity index (χ0v) is 15.8. The fourth-order valence-electron chi connectivity index (χ4n) is 2.84.